The number of carbonyl (C=O) groups is 1. The number of benzene rings is 1. The highest BCUT2D eigenvalue weighted by molar-refractivity contribution is 5.94. The molecule has 1 amide bonds. The van der Waals surface area contributed by atoms with Crippen LogP contribution in [0.1, 0.15) is 6.92 Å². The van der Waals surface area contributed by atoms with Crippen molar-refractivity contribution in [1.29, 1.82) is 0 Å². The number of aromatic nitrogens is 1. The van der Waals surface area contributed by atoms with E-state index in [9.17, 15) is 4.79 Å². The molecule has 3 rings (SSSR count). The molecule has 2 N–H and O–H groups in total. The van der Waals surface area contributed by atoms with Gasteiger partial charge >= 0.3 is 0 Å². The van der Waals surface area contributed by atoms with Crippen molar-refractivity contribution in [2.24, 2.45) is 11.8 Å². The molecule has 8 heteroatoms. The van der Waals surface area contributed by atoms with E-state index in [0.29, 0.717) is 17.5 Å². The van der Waals surface area contributed by atoms with Crippen molar-refractivity contribution in [2.45, 2.75) is 6.92 Å². The third-order valence-corrected chi connectivity index (χ3v) is 3.96. The summed E-state index contributed by atoms with van der Waals surface area (Å²) in [4.78, 5) is 18.4. The Labute approximate surface area is 147 Å². The van der Waals surface area contributed by atoms with Gasteiger partial charge in [-0.2, -0.15) is 4.98 Å². The van der Waals surface area contributed by atoms with E-state index in [1.165, 1.54) is 0 Å². The second kappa shape index (κ2) is 7.86. The van der Waals surface area contributed by atoms with Gasteiger partial charge in [0.1, 0.15) is 5.52 Å². The summed E-state index contributed by atoms with van der Waals surface area (Å²) in [5.74, 6) is 0.495. The van der Waals surface area contributed by atoms with Gasteiger partial charge in [0.05, 0.1) is 0 Å². The summed E-state index contributed by atoms with van der Waals surface area (Å²) in [7, 11) is 3.75. The van der Waals surface area contributed by atoms with E-state index in [1.54, 1.807) is 0 Å². The van der Waals surface area contributed by atoms with Gasteiger partial charge in [-0.1, -0.05) is 6.92 Å². The van der Waals surface area contributed by atoms with Crippen molar-refractivity contribution in [3.05, 3.63) is 18.2 Å². The van der Waals surface area contributed by atoms with Gasteiger partial charge < -0.3 is 20.0 Å². The maximum Gasteiger partial charge on any atom is 0.297 e. The van der Waals surface area contributed by atoms with E-state index >= 15 is 0 Å². The molecule has 1 aromatic heterocycles. The first kappa shape index (κ1) is 19.5. The Morgan fingerprint density at radius 3 is 2.65 bits per heavy atom. The average molecular weight is 361 g/mol. The Kier molecular flexibility index (Phi) is 6.68. The van der Waals surface area contributed by atoms with Crippen LogP contribution in [-0.2, 0) is 4.79 Å². The number of nitrogens with one attached hydrogen (secondary N) is 2. The Morgan fingerprint density at radius 2 is 2.09 bits per heavy atom. The smallest absolute Gasteiger partial charge is 0.297 e. The summed E-state index contributed by atoms with van der Waals surface area (Å²) in [5.41, 5.74) is 2.22. The first-order chi connectivity index (χ1) is 10.0. The number of nitrogens with zero attached hydrogens (tertiary/aromatic N) is 2. The number of oxazole rings is 1. The Morgan fingerprint density at radius 1 is 1.39 bits per heavy atom. The van der Waals surface area contributed by atoms with Crippen LogP contribution in [0.2, 0.25) is 0 Å². The van der Waals surface area contributed by atoms with Crippen LogP contribution >= 0.6 is 24.8 Å². The number of carbonyl (C=O) groups excluding carboxylic acids is 1. The fraction of sp³-hybridized carbons (Fsp3) is 0.467. The van der Waals surface area contributed by atoms with Crippen molar-refractivity contribution in [3.8, 4) is 0 Å². The quantitative estimate of drug-likeness (QED) is 0.876. The van der Waals surface area contributed by atoms with Crippen LogP contribution in [0.3, 0.4) is 0 Å². The van der Waals surface area contributed by atoms with E-state index < -0.39 is 0 Å². The summed E-state index contributed by atoms with van der Waals surface area (Å²) in [6, 6.07) is 6.08. The number of rotatable bonds is 4. The molecule has 0 radical (unpaired) electrons. The van der Waals surface area contributed by atoms with Gasteiger partial charge in [0, 0.05) is 25.7 Å². The number of hydrogen-bond donors (Lipinski definition) is 2. The molecule has 1 atom stereocenters. The Bertz CT molecular complexity index is 671. The number of hydrogen-bond acceptors (Lipinski definition) is 5. The maximum atomic E-state index is 12.2. The zero-order valence-electron chi connectivity index (χ0n) is 13.3. The lowest BCUT2D eigenvalue weighted by Crippen LogP contribution is -2.48. The van der Waals surface area contributed by atoms with E-state index in [4.69, 9.17) is 4.42 Å². The normalized spacial score (nSPS) is 15.1. The predicted octanol–water partition coefficient (Wildman–Crippen LogP) is 2.53. The molecule has 0 bridgehead atoms. The fourth-order valence-electron chi connectivity index (χ4n) is 2.32. The van der Waals surface area contributed by atoms with Crippen LogP contribution in [0.4, 0.5) is 11.7 Å². The van der Waals surface area contributed by atoms with Crippen LogP contribution in [0.15, 0.2) is 22.6 Å². The highest BCUT2D eigenvalue weighted by Gasteiger charge is 2.28. The SMILES string of the molecule is CC(C(=O)Nc1ccc2oc(N(C)C)nc2c1)C1CNC1.Cl.Cl. The fourth-order valence-corrected chi connectivity index (χ4v) is 2.32. The molecule has 6 nitrogen and oxygen atoms in total. The van der Waals surface area contributed by atoms with Gasteiger partial charge in [-0.3, -0.25) is 4.79 Å². The van der Waals surface area contributed by atoms with E-state index in [2.05, 4.69) is 15.6 Å². The molecular formula is C15H22Cl2N4O2. The van der Waals surface area contributed by atoms with Gasteiger partial charge in [-0.25, -0.2) is 0 Å². The molecule has 0 aliphatic carbocycles. The van der Waals surface area contributed by atoms with Gasteiger partial charge in [0.2, 0.25) is 5.91 Å². The minimum atomic E-state index is 0. The van der Waals surface area contributed by atoms with Gasteiger partial charge in [0.15, 0.2) is 5.58 Å². The largest absolute Gasteiger partial charge is 0.423 e. The standard InChI is InChI=1S/C15H20N4O2.2ClH/c1-9(10-7-16-8-10)14(20)17-11-4-5-13-12(6-11)18-15(21-13)19(2)3;;/h4-6,9-10,16H,7-8H2,1-3H3,(H,17,20);2*1H. The number of anilines is 2. The summed E-state index contributed by atoms with van der Waals surface area (Å²) in [6.07, 6.45) is 0. The van der Waals surface area contributed by atoms with E-state index in [0.717, 1.165) is 24.3 Å². The second-order valence-corrected chi connectivity index (χ2v) is 5.77. The van der Waals surface area contributed by atoms with Crippen LogP contribution < -0.4 is 15.5 Å². The Hall–Kier alpha value is -1.50. The molecule has 1 aromatic carbocycles. The second-order valence-electron chi connectivity index (χ2n) is 5.77. The zero-order valence-corrected chi connectivity index (χ0v) is 15.0. The highest BCUT2D eigenvalue weighted by Crippen LogP contribution is 2.24. The van der Waals surface area contributed by atoms with Crippen molar-refractivity contribution in [2.75, 3.05) is 37.4 Å². The summed E-state index contributed by atoms with van der Waals surface area (Å²) < 4.78 is 5.60. The molecule has 1 saturated heterocycles. The number of amides is 1. The minimum Gasteiger partial charge on any atom is -0.423 e. The number of halogens is 2. The monoisotopic (exact) mass is 360 g/mol. The lowest BCUT2D eigenvalue weighted by Gasteiger charge is -2.31. The summed E-state index contributed by atoms with van der Waals surface area (Å²) >= 11 is 0. The van der Waals surface area contributed by atoms with E-state index in [-0.39, 0.29) is 36.6 Å². The Balaban J connectivity index is 0.00000132. The van der Waals surface area contributed by atoms with Crippen LogP contribution in [0.5, 0.6) is 0 Å². The van der Waals surface area contributed by atoms with Crippen molar-refractivity contribution in [1.82, 2.24) is 10.3 Å². The average Bonchev–Trinajstić information content (AvgIpc) is 2.79. The van der Waals surface area contributed by atoms with E-state index in [1.807, 2.05) is 44.1 Å². The lowest BCUT2D eigenvalue weighted by atomic mass is 9.88. The van der Waals surface area contributed by atoms with Crippen molar-refractivity contribution in [3.63, 3.8) is 0 Å². The summed E-state index contributed by atoms with van der Waals surface area (Å²) in [5, 5.41) is 6.15. The molecule has 1 fully saturated rings. The van der Waals surface area contributed by atoms with Crippen molar-refractivity contribution < 1.29 is 9.21 Å². The molecule has 1 unspecified atom stereocenters. The van der Waals surface area contributed by atoms with Crippen LogP contribution in [0.25, 0.3) is 11.1 Å². The van der Waals surface area contributed by atoms with Crippen LogP contribution in [0, 0.1) is 11.8 Å². The first-order valence-corrected chi connectivity index (χ1v) is 7.14. The third-order valence-electron chi connectivity index (χ3n) is 3.96. The molecule has 0 spiro atoms. The van der Waals surface area contributed by atoms with Gasteiger partial charge in [0.25, 0.3) is 6.01 Å². The summed E-state index contributed by atoms with van der Waals surface area (Å²) in [6.45, 7) is 3.81. The predicted molar refractivity (Wildman–Crippen MR) is 97.0 cm³/mol. The zero-order chi connectivity index (χ0) is 15.0. The molecule has 2 heterocycles. The van der Waals surface area contributed by atoms with Crippen LogP contribution in [-0.4, -0.2) is 38.1 Å². The molecule has 2 aromatic rings. The molecule has 128 valence electrons. The van der Waals surface area contributed by atoms with Gasteiger partial charge in [-0.05, 0) is 37.2 Å². The minimum absolute atomic E-state index is 0. The molecule has 0 saturated carbocycles. The topological polar surface area (TPSA) is 70.4 Å². The number of fused-ring (bicyclic) bond motifs is 1. The molecular weight excluding hydrogens is 339 g/mol. The van der Waals surface area contributed by atoms with Crippen molar-refractivity contribution >= 4 is 53.5 Å². The maximum absolute atomic E-state index is 12.2. The highest BCUT2D eigenvalue weighted by atomic mass is 35.5. The first-order valence-electron chi connectivity index (χ1n) is 7.14. The third kappa shape index (κ3) is 4.07. The lowest BCUT2D eigenvalue weighted by molar-refractivity contribution is -0.121. The molecule has 1 aliphatic heterocycles. The molecule has 1 aliphatic rings. The molecule has 23 heavy (non-hydrogen) atoms. The van der Waals surface area contributed by atoms with Gasteiger partial charge in [-0.15, -0.1) is 24.8 Å².